The van der Waals surface area contributed by atoms with Crippen molar-refractivity contribution in [3.05, 3.63) is 82.9 Å². The monoisotopic (exact) mass is 555 g/mol. The number of piperidine rings is 1. The Morgan fingerprint density at radius 3 is 2.17 bits per heavy atom. The minimum Gasteiger partial charge on any atom is -0.382 e. The summed E-state index contributed by atoms with van der Waals surface area (Å²) in [5, 5.41) is 13.2. The number of carbonyl (C=O) groups is 1. The maximum atomic E-state index is 13.7. The van der Waals surface area contributed by atoms with E-state index in [1.54, 1.807) is 6.26 Å². The van der Waals surface area contributed by atoms with Crippen LogP contribution < -0.4 is 15.1 Å². The Labute approximate surface area is 239 Å². The number of rotatable bonds is 6. The lowest BCUT2D eigenvalue weighted by Crippen LogP contribution is -2.49. The highest BCUT2D eigenvalue weighted by molar-refractivity contribution is 7.84. The molecule has 2 aliphatic heterocycles. The van der Waals surface area contributed by atoms with Gasteiger partial charge in [-0.25, -0.2) is 0 Å². The van der Waals surface area contributed by atoms with Gasteiger partial charge in [0.15, 0.2) is 0 Å². The van der Waals surface area contributed by atoms with Gasteiger partial charge in [-0.3, -0.25) is 9.00 Å². The topological polar surface area (TPSA) is 79.7 Å². The van der Waals surface area contributed by atoms with Crippen molar-refractivity contribution in [1.82, 2.24) is 4.90 Å². The summed E-state index contributed by atoms with van der Waals surface area (Å²) in [6.45, 7) is 8.55. The molecule has 0 spiro atoms. The molecule has 2 fully saturated rings. The molecular formula is C32H37N5O2S. The van der Waals surface area contributed by atoms with Crippen LogP contribution in [-0.2, 0) is 10.8 Å². The van der Waals surface area contributed by atoms with Gasteiger partial charge in [-0.1, -0.05) is 30.3 Å². The molecule has 8 heteroatoms. The second kappa shape index (κ2) is 12.1. The van der Waals surface area contributed by atoms with E-state index in [1.807, 2.05) is 66.4 Å². The molecule has 0 unspecified atom stereocenters. The Balaban J connectivity index is 1.23. The molecular weight excluding hydrogens is 518 g/mol. The third kappa shape index (κ3) is 5.85. The first-order valence-electron chi connectivity index (χ1n) is 13.9. The lowest BCUT2D eigenvalue weighted by Gasteiger charge is -2.37. The van der Waals surface area contributed by atoms with E-state index in [2.05, 4.69) is 34.2 Å². The SMILES string of the molecule is Cc1cc(C)c(C(=O)N2CCN(c3ccccc3[S@@](C)=O)CC2)cc1NC1CCN(c2ccccc2C#N)CC1. The number of amides is 1. The van der Waals surface area contributed by atoms with Gasteiger partial charge in [0.1, 0.15) is 6.07 Å². The van der Waals surface area contributed by atoms with Gasteiger partial charge in [0.05, 0.1) is 32.6 Å². The molecule has 1 atom stereocenters. The summed E-state index contributed by atoms with van der Waals surface area (Å²) in [5.74, 6) is 0.0653. The van der Waals surface area contributed by atoms with Crippen molar-refractivity contribution in [3.8, 4) is 6.07 Å². The van der Waals surface area contributed by atoms with E-state index in [-0.39, 0.29) is 5.91 Å². The van der Waals surface area contributed by atoms with Gasteiger partial charge in [-0.15, -0.1) is 0 Å². The molecule has 2 saturated heterocycles. The molecule has 0 aromatic heterocycles. The van der Waals surface area contributed by atoms with Crippen LogP contribution in [0.3, 0.4) is 0 Å². The third-order valence-corrected chi connectivity index (χ3v) is 9.07. The third-order valence-electron chi connectivity index (χ3n) is 8.10. The van der Waals surface area contributed by atoms with E-state index in [9.17, 15) is 14.3 Å². The summed E-state index contributed by atoms with van der Waals surface area (Å²) in [6, 6.07) is 22.4. The van der Waals surface area contributed by atoms with Crippen molar-refractivity contribution < 1.29 is 9.00 Å². The van der Waals surface area contributed by atoms with Crippen LogP contribution in [0.2, 0.25) is 0 Å². The van der Waals surface area contributed by atoms with E-state index in [4.69, 9.17) is 0 Å². The standard InChI is InChI=1S/C32H37N5O2S/c1-23-20-24(2)28(34-26-12-14-35(15-13-26)29-9-5-4-8-25(29)22-33)21-27(23)32(38)37-18-16-36(17-19-37)30-10-6-7-11-31(30)40(3)39/h4-11,20-21,26,34H,12-19H2,1-3H3/t40-/m1/s1. The average Bonchev–Trinajstić information content (AvgIpc) is 2.98. The summed E-state index contributed by atoms with van der Waals surface area (Å²) in [5.41, 5.74) is 6.62. The number of hydrogen-bond donors (Lipinski definition) is 1. The van der Waals surface area contributed by atoms with E-state index < -0.39 is 10.8 Å². The number of nitriles is 1. The van der Waals surface area contributed by atoms with Gasteiger partial charge in [-0.2, -0.15) is 5.26 Å². The highest BCUT2D eigenvalue weighted by Gasteiger charge is 2.26. The highest BCUT2D eigenvalue weighted by Crippen LogP contribution is 2.29. The number of hydrogen-bond acceptors (Lipinski definition) is 6. The normalized spacial score (nSPS) is 16.9. The Morgan fingerprint density at radius 2 is 1.50 bits per heavy atom. The molecule has 208 valence electrons. The average molecular weight is 556 g/mol. The molecule has 0 radical (unpaired) electrons. The molecule has 0 saturated carbocycles. The van der Waals surface area contributed by atoms with E-state index in [0.717, 1.165) is 70.1 Å². The molecule has 3 aromatic rings. The summed E-state index contributed by atoms with van der Waals surface area (Å²) >= 11 is 0. The molecule has 3 aromatic carbocycles. The van der Waals surface area contributed by atoms with Crippen molar-refractivity contribution in [3.63, 3.8) is 0 Å². The molecule has 0 aliphatic carbocycles. The van der Waals surface area contributed by atoms with E-state index >= 15 is 0 Å². The minimum absolute atomic E-state index is 0.0653. The fraction of sp³-hybridized carbons (Fsp3) is 0.375. The van der Waals surface area contributed by atoms with Crippen molar-refractivity contribution in [2.24, 2.45) is 0 Å². The molecule has 7 nitrogen and oxygen atoms in total. The molecule has 2 aliphatic rings. The number of piperazine rings is 1. The van der Waals surface area contributed by atoms with Crippen LogP contribution in [0, 0.1) is 25.2 Å². The molecule has 0 bridgehead atoms. The zero-order valence-corrected chi connectivity index (χ0v) is 24.3. The van der Waals surface area contributed by atoms with E-state index in [1.165, 1.54) is 0 Å². The number of benzene rings is 3. The maximum absolute atomic E-state index is 13.7. The lowest BCUT2D eigenvalue weighted by molar-refractivity contribution is 0.0746. The van der Waals surface area contributed by atoms with Gasteiger partial charge in [0.25, 0.3) is 5.91 Å². The number of para-hydroxylation sites is 2. The molecule has 5 rings (SSSR count). The summed E-state index contributed by atoms with van der Waals surface area (Å²) < 4.78 is 12.2. The van der Waals surface area contributed by atoms with Crippen LogP contribution in [0.5, 0.6) is 0 Å². The Hall–Kier alpha value is -3.83. The number of carbonyl (C=O) groups excluding carboxylic acids is 1. The second-order valence-corrected chi connectivity index (χ2v) is 12.1. The number of anilines is 3. The quantitative estimate of drug-likeness (QED) is 0.463. The summed E-state index contributed by atoms with van der Waals surface area (Å²) in [7, 11) is -1.06. The molecule has 1 N–H and O–H groups in total. The first-order chi connectivity index (χ1) is 19.4. The molecule has 2 heterocycles. The van der Waals surface area contributed by atoms with Crippen molar-refractivity contribution in [2.75, 3.05) is 60.6 Å². The second-order valence-electron chi connectivity index (χ2n) is 10.7. The Kier molecular flexibility index (Phi) is 8.41. The number of nitrogens with zero attached hydrogens (tertiary/aromatic N) is 4. The van der Waals surface area contributed by atoms with Crippen LogP contribution in [0.15, 0.2) is 65.6 Å². The van der Waals surface area contributed by atoms with Crippen LogP contribution in [-0.4, -0.2) is 66.6 Å². The summed E-state index contributed by atoms with van der Waals surface area (Å²) in [4.78, 5) is 21.0. The first kappa shape index (κ1) is 27.7. The van der Waals surface area contributed by atoms with Crippen LogP contribution >= 0.6 is 0 Å². The van der Waals surface area contributed by atoms with E-state index in [0.29, 0.717) is 32.2 Å². The molecule has 1 amide bonds. The number of aryl methyl sites for hydroxylation is 2. The van der Waals surface area contributed by atoms with Gasteiger partial charge in [0.2, 0.25) is 0 Å². The Bertz CT molecular complexity index is 1450. The fourth-order valence-electron chi connectivity index (χ4n) is 5.85. The zero-order chi connectivity index (χ0) is 28.2. The maximum Gasteiger partial charge on any atom is 0.254 e. The number of nitrogens with one attached hydrogen (secondary N) is 1. The Morgan fingerprint density at radius 1 is 0.875 bits per heavy atom. The minimum atomic E-state index is -1.06. The predicted molar refractivity (Wildman–Crippen MR) is 163 cm³/mol. The lowest BCUT2D eigenvalue weighted by atomic mass is 9.99. The van der Waals surface area contributed by atoms with Gasteiger partial charge in [0, 0.05) is 62.8 Å². The zero-order valence-electron chi connectivity index (χ0n) is 23.5. The van der Waals surface area contributed by atoms with Crippen molar-refractivity contribution in [1.29, 1.82) is 5.26 Å². The van der Waals surface area contributed by atoms with Gasteiger partial charge in [-0.05, 0) is 68.1 Å². The fourth-order valence-corrected chi connectivity index (χ4v) is 6.61. The summed E-state index contributed by atoms with van der Waals surface area (Å²) in [6.07, 6.45) is 3.63. The molecule has 40 heavy (non-hydrogen) atoms. The largest absolute Gasteiger partial charge is 0.382 e. The van der Waals surface area contributed by atoms with Gasteiger partial charge >= 0.3 is 0 Å². The van der Waals surface area contributed by atoms with Crippen molar-refractivity contribution in [2.45, 2.75) is 37.6 Å². The van der Waals surface area contributed by atoms with Crippen LogP contribution in [0.1, 0.15) is 39.9 Å². The first-order valence-corrected chi connectivity index (χ1v) is 15.5. The smallest absolute Gasteiger partial charge is 0.254 e. The highest BCUT2D eigenvalue weighted by atomic mass is 32.2. The van der Waals surface area contributed by atoms with Crippen LogP contribution in [0.4, 0.5) is 17.1 Å². The van der Waals surface area contributed by atoms with Crippen LogP contribution in [0.25, 0.3) is 0 Å². The predicted octanol–water partition coefficient (Wildman–Crippen LogP) is 4.96. The van der Waals surface area contributed by atoms with Crippen molar-refractivity contribution >= 4 is 33.8 Å². The van der Waals surface area contributed by atoms with Gasteiger partial charge < -0.3 is 20.0 Å².